The van der Waals surface area contributed by atoms with E-state index < -0.39 is 15.5 Å². The Bertz CT molecular complexity index is 625. The van der Waals surface area contributed by atoms with Crippen molar-refractivity contribution in [2.24, 2.45) is 0 Å². The minimum atomic E-state index is -5.39. The van der Waals surface area contributed by atoms with E-state index in [1.807, 2.05) is 4.90 Å². The first-order valence-electron chi connectivity index (χ1n) is 6.14. The molecule has 1 aromatic heterocycles. The van der Waals surface area contributed by atoms with Crippen molar-refractivity contribution < 1.29 is 21.6 Å². The maximum atomic E-state index is 12.4. The van der Waals surface area contributed by atoms with E-state index in [9.17, 15) is 21.6 Å². The number of rotatable bonds is 4. The van der Waals surface area contributed by atoms with Crippen LogP contribution in [-0.4, -0.2) is 30.4 Å². The van der Waals surface area contributed by atoms with Gasteiger partial charge in [-0.1, -0.05) is 12.2 Å². The van der Waals surface area contributed by atoms with E-state index in [1.165, 1.54) is 17.4 Å². The molecule has 1 fully saturated rings. The molecule has 4 nitrogen and oxygen atoms in total. The number of thiophene rings is 1. The van der Waals surface area contributed by atoms with Crippen LogP contribution in [0.2, 0.25) is 0 Å². The van der Waals surface area contributed by atoms with Crippen molar-refractivity contribution in [1.82, 2.24) is 4.90 Å². The number of nitrogens with one attached hydrogen (secondary N) is 1. The zero-order chi connectivity index (χ0) is 15.7. The fourth-order valence-electron chi connectivity index (χ4n) is 1.96. The third-order valence-electron chi connectivity index (χ3n) is 3.05. The smallest absolute Gasteiger partial charge is 0.361 e. The highest BCUT2D eigenvalue weighted by Crippen LogP contribution is 2.31. The summed E-state index contributed by atoms with van der Waals surface area (Å²) in [5.41, 5.74) is -5.36. The van der Waals surface area contributed by atoms with Gasteiger partial charge in [0.05, 0.1) is 17.2 Å². The summed E-state index contributed by atoms with van der Waals surface area (Å²) in [6.45, 7) is 1.06. The second kappa shape index (κ2) is 6.09. The fourth-order valence-corrected chi connectivity index (χ4v) is 3.76. The molecule has 0 aromatic carbocycles. The topological polar surface area (TPSA) is 49.4 Å². The fraction of sp³-hybridized carbons (Fsp3) is 0.545. The number of hydrogen-bond acceptors (Lipinski definition) is 4. The Balaban J connectivity index is 2.14. The zero-order valence-corrected chi connectivity index (χ0v) is 13.3. The monoisotopic (exact) mass is 358 g/mol. The van der Waals surface area contributed by atoms with Crippen LogP contribution in [0.5, 0.6) is 0 Å². The molecule has 118 valence electrons. The van der Waals surface area contributed by atoms with Crippen LogP contribution in [0.25, 0.3) is 0 Å². The third-order valence-corrected chi connectivity index (χ3v) is 5.52. The molecule has 0 bridgehead atoms. The van der Waals surface area contributed by atoms with Gasteiger partial charge in [-0.2, -0.15) is 21.6 Å². The number of hydrogen-bond donors (Lipinski definition) is 1. The SMILES string of the molecule is O=S(=O)(Nc1ccsc1CN1CCCCC1=S)C(F)(F)F. The quantitative estimate of drug-likeness (QED) is 0.839. The van der Waals surface area contributed by atoms with Gasteiger partial charge in [0.25, 0.3) is 0 Å². The summed E-state index contributed by atoms with van der Waals surface area (Å²) in [5.74, 6) is 0. The van der Waals surface area contributed by atoms with Gasteiger partial charge in [-0.3, -0.25) is 4.72 Å². The molecule has 0 amide bonds. The first-order valence-corrected chi connectivity index (χ1v) is 8.91. The normalized spacial score (nSPS) is 17.1. The van der Waals surface area contributed by atoms with E-state index in [-0.39, 0.29) is 5.69 Å². The van der Waals surface area contributed by atoms with Crippen LogP contribution in [0.4, 0.5) is 18.9 Å². The van der Waals surface area contributed by atoms with E-state index in [1.54, 1.807) is 10.1 Å². The average Bonchev–Trinajstić information content (AvgIpc) is 2.77. The molecule has 1 aliphatic rings. The predicted octanol–water partition coefficient (Wildman–Crippen LogP) is 3.32. The first kappa shape index (κ1) is 16.5. The number of piperidine rings is 1. The van der Waals surface area contributed by atoms with Crippen LogP contribution >= 0.6 is 23.6 Å². The van der Waals surface area contributed by atoms with Crippen molar-refractivity contribution in [3.05, 3.63) is 16.3 Å². The molecule has 0 spiro atoms. The molecule has 1 aromatic rings. The van der Waals surface area contributed by atoms with Gasteiger partial charge in [-0.15, -0.1) is 11.3 Å². The summed E-state index contributed by atoms with van der Waals surface area (Å²) in [5, 5.41) is 1.55. The number of sulfonamides is 1. The van der Waals surface area contributed by atoms with Crippen LogP contribution in [0.3, 0.4) is 0 Å². The summed E-state index contributed by atoms with van der Waals surface area (Å²) in [7, 11) is -5.39. The van der Waals surface area contributed by atoms with Crippen LogP contribution in [0.15, 0.2) is 11.4 Å². The Labute approximate surface area is 130 Å². The Hall–Kier alpha value is -0.870. The molecule has 2 heterocycles. The largest absolute Gasteiger partial charge is 0.516 e. The van der Waals surface area contributed by atoms with Crippen molar-refractivity contribution in [2.75, 3.05) is 11.3 Å². The van der Waals surface area contributed by atoms with Crippen molar-refractivity contribution in [3.63, 3.8) is 0 Å². The Morgan fingerprint density at radius 3 is 2.71 bits per heavy atom. The standard InChI is InChI=1S/C11H13F3N2O2S3/c12-11(13,14)21(17,18)15-8-4-6-20-9(8)7-16-5-2-1-3-10(16)19/h4,6,15H,1-3,5,7H2. The maximum Gasteiger partial charge on any atom is 0.516 e. The highest BCUT2D eigenvalue weighted by molar-refractivity contribution is 7.93. The summed E-state index contributed by atoms with van der Waals surface area (Å²) >= 11 is 6.43. The summed E-state index contributed by atoms with van der Waals surface area (Å²) in [4.78, 5) is 3.18. The van der Waals surface area contributed by atoms with Crippen molar-refractivity contribution in [2.45, 2.75) is 31.3 Å². The van der Waals surface area contributed by atoms with Gasteiger partial charge in [-0.25, -0.2) is 0 Å². The molecule has 1 saturated heterocycles. The van der Waals surface area contributed by atoms with Crippen molar-refractivity contribution in [1.29, 1.82) is 0 Å². The predicted molar refractivity (Wildman–Crippen MR) is 79.8 cm³/mol. The van der Waals surface area contributed by atoms with E-state index in [4.69, 9.17) is 12.2 Å². The van der Waals surface area contributed by atoms with Gasteiger partial charge in [-0.05, 0) is 30.7 Å². The lowest BCUT2D eigenvalue weighted by Gasteiger charge is -2.29. The molecule has 0 radical (unpaired) electrons. The molecule has 10 heteroatoms. The van der Waals surface area contributed by atoms with E-state index in [0.29, 0.717) is 11.4 Å². The highest BCUT2D eigenvalue weighted by atomic mass is 32.2. The summed E-state index contributed by atoms with van der Waals surface area (Å²) in [6.07, 6.45) is 2.76. The van der Waals surface area contributed by atoms with Gasteiger partial charge in [0.2, 0.25) is 0 Å². The maximum absolute atomic E-state index is 12.4. The number of likely N-dealkylation sites (tertiary alicyclic amines) is 1. The third kappa shape index (κ3) is 3.86. The minimum absolute atomic E-state index is 0.0364. The highest BCUT2D eigenvalue weighted by Gasteiger charge is 2.46. The lowest BCUT2D eigenvalue weighted by Crippen LogP contribution is -2.34. The minimum Gasteiger partial charge on any atom is -0.361 e. The molecule has 0 saturated carbocycles. The number of nitrogens with zero attached hydrogens (tertiary/aromatic N) is 1. The Kier molecular flexibility index (Phi) is 4.79. The van der Waals surface area contributed by atoms with E-state index >= 15 is 0 Å². The van der Waals surface area contributed by atoms with Gasteiger partial charge >= 0.3 is 15.5 Å². The Morgan fingerprint density at radius 1 is 1.38 bits per heavy atom. The van der Waals surface area contributed by atoms with Crippen molar-refractivity contribution in [3.8, 4) is 0 Å². The average molecular weight is 358 g/mol. The molecule has 21 heavy (non-hydrogen) atoms. The second-order valence-electron chi connectivity index (χ2n) is 4.58. The van der Waals surface area contributed by atoms with Gasteiger partial charge in [0.15, 0.2) is 0 Å². The molecule has 0 aliphatic carbocycles. The zero-order valence-electron chi connectivity index (χ0n) is 10.8. The number of thiocarbonyl (C=S) groups is 1. The number of halogens is 3. The molecule has 1 N–H and O–H groups in total. The van der Waals surface area contributed by atoms with Crippen LogP contribution in [0, 0.1) is 0 Å². The van der Waals surface area contributed by atoms with E-state index in [2.05, 4.69) is 0 Å². The van der Waals surface area contributed by atoms with Crippen LogP contribution < -0.4 is 4.72 Å². The van der Waals surface area contributed by atoms with Gasteiger partial charge in [0, 0.05) is 11.4 Å². The van der Waals surface area contributed by atoms with Crippen LogP contribution in [0.1, 0.15) is 24.1 Å². The lowest BCUT2D eigenvalue weighted by molar-refractivity contribution is -0.0429. The molecule has 0 atom stereocenters. The van der Waals surface area contributed by atoms with Crippen LogP contribution in [-0.2, 0) is 16.6 Å². The molecule has 2 rings (SSSR count). The molecular formula is C11H13F3N2O2S3. The number of alkyl halides is 3. The van der Waals surface area contributed by atoms with Gasteiger partial charge in [0.1, 0.15) is 0 Å². The second-order valence-corrected chi connectivity index (χ2v) is 7.73. The molecular weight excluding hydrogens is 345 g/mol. The first-order chi connectivity index (χ1) is 9.71. The van der Waals surface area contributed by atoms with E-state index in [0.717, 1.165) is 30.8 Å². The lowest BCUT2D eigenvalue weighted by atomic mass is 10.1. The summed E-state index contributed by atoms with van der Waals surface area (Å²) < 4.78 is 61.1. The molecule has 0 unspecified atom stereocenters. The molecule has 1 aliphatic heterocycles. The van der Waals surface area contributed by atoms with Gasteiger partial charge < -0.3 is 4.90 Å². The van der Waals surface area contributed by atoms with Crippen molar-refractivity contribution >= 4 is 44.3 Å². The summed E-state index contributed by atoms with van der Waals surface area (Å²) in [6, 6.07) is 1.33. The Morgan fingerprint density at radius 2 is 2.10 bits per heavy atom. The number of anilines is 1.